The first-order valence-corrected chi connectivity index (χ1v) is 9.22. The fourth-order valence-electron chi connectivity index (χ4n) is 3.48. The number of carboxylic acids is 2. The summed E-state index contributed by atoms with van der Waals surface area (Å²) in [5.74, 6) is -2.04. The van der Waals surface area contributed by atoms with Crippen LogP contribution in [0.1, 0.15) is 26.3 Å². The van der Waals surface area contributed by atoms with Crippen LogP contribution in [0.4, 0.5) is 0 Å². The van der Waals surface area contributed by atoms with Gasteiger partial charge in [-0.15, -0.1) is 0 Å². The molecule has 0 aliphatic carbocycles. The van der Waals surface area contributed by atoms with E-state index in [0.717, 1.165) is 11.1 Å². The highest BCUT2D eigenvalue weighted by Gasteiger charge is 2.11. The van der Waals surface area contributed by atoms with Gasteiger partial charge >= 0.3 is 11.9 Å². The summed E-state index contributed by atoms with van der Waals surface area (Å²) >= 11 is 0. The van der Waals surface area contributed by atoms with Gasteiger partial charge in [0.1, 0.15) is 0 Å². The van der Waals surface area contributed by atoms with E-state index in [-0.39, 0.29) is 16.6 Å². The second-order valence-corrected chi connectivity index (χ2v) is 6.89. The number of hydrogen-bond donors (Lipinski definition) is 2. The average Bonchev–Trinajstić information content (AvgIpc) is 2.76. The van der Waals surface area contributed by atoms with Crippen molar-refractivity contribution in [2.45, 2.75) is 6.54 Å². The van der Waals surface area contributed by atoms with Crippen molar-refractivity contribution in [2.75, 3.05) is 0 Å². The van der Waals surface area contributed by atoms with E-state index in [1.54, 1.807) is 30.5 Å². The molecular weight excluding hydrogens is 382 g/mol. The van der Waals surface area contributed by atoms with Crippen molar-refractivity contribution in [3.8, 4) is 11.1 Å². The van der Waals surface area contributed by atoms with Crippen LogP contribution in [0.5, 0.6) is 0 Å². The molecule has 148 valence electrons. The third-order valence-corrected chi connectivity index (χ3v) is 5.00. The Labute approximate surface area is 171 Å². The van der Waals surface area contributed by atoms with Crippen molar-refractivity contribution < 1.29 is 19.8 Å². The van der Waals surface area contributed by atoms with Crippen LogP contribution in [-0.2, 0) is 6.54 Å². The highest BCUT2D eigenvalue weighted by Crippen LogP contribution is 2.24. The topological polar surface area (TPSA) is 96.6 Å². The van der Waals surface area contributed by atoms with Gasteiger partial charge in [0.05, 0.1) is 16.6 Å². The SMILES string of the molecule is O=C(O)c1ccc2c(=O)ccn(Cc3ccc(-c4ccccc4C(=O)O)cc3)c2c1. The van der Waals surface area contributed by atoms with Gasteiger partial charge in [-0.05, 0) is 41.0 Å². The van der Waals surface area contributed by atoms with Gasteiger partial charge in [0.25, 0.3) is 0 Å². The van der Waals surface area contributed by atoms with E-state index in [1.165, 1.54) is 24.3 Å². The molecule has 0 saturated carbocycles. The molecule has 2 N–H and O–H groups in total. The van der Waals surface area contributed by atoms with Crippen molar-refractivity contribution in [1.82, 2.24) is 4.57 Å². The number of carbonyl (C=O) groups is 2. The zero-order valence-electron chi connectivity index (χ0n) is 15.8. The molecule has 0 unspecified atom stereocenters. The van der Waals surface area contributed by atoms with Gasteiger partial charge in [0.2, 0.25) is 0 Å². The van der Waals surface area contributed by atoms with Crippen LogP contribution in [0, 0.1) is 0 Å². The predicted molar refractivity (Wildman–Crippen MR) is 113 cm³/mol. The van der Waals surface area contributed by atoms with Gasteiger partial charge in [-0.2, -0.15) is 0 Å². The summed E-state index contributed by atoms with van der Waals surface area (Å²) in [6.45, 7) is 0.431. The maximum atomic E-state index is 12.1. The summed E-state index contributed by atoms with van der Waals surface area (Å²) in [6.07, 6.45) is 1.64. The fourth-order valence-corrected chi connectivity index (χ4v) is 3.48. The van der Waals surface area contributed by atoms with Crippen molar-refractivity contribution in [3.63, 3.8) is 0 Å². The smallest absolute Gasteiger partial charge is 0.336 e. The minimum atomic E-state index is -1.05. The zero-order valence-corrected chi connectivity index (χ0v) is 15.8. The summed E-state index contributed by atoms with van der Waals surface area (Å²) in [5.41, 5.74) is 3.07. The Morgan fingerprint density at radius 1 is 0.833 bits per heavy atom. The quantitative estimate of drug-likeness (QED) is 0.526. The number of fused-ring (bicyclic) bond motifs is 1. The van der Waals surface area contributed by atoms with Crippen molar-refractivity contribution >= 4 is 22.8 Å². The Morgan fingerprint density at radius 2 is 1.57 bits per heavy atom. The van der Waals surface area contributed by atoms with Crippen molar-refractivity contribution in [3.05, 3.63) is 106 Å². The van der Waals surface area contributed by atoms with Crippen LogP contribution in [0.3, 0.4) is 0 Å². The Balaban J connectivity index is 1.71. The minimum absolute atomic E-state index is 0.113. The molecule has 4 aromatic rings. The molecule has 30 heavy (non-hydrogen) atoms. The average molecular weight is 399 g/mol. The van der Waals surface area contributed by atoms with Gasteiger partial charge in [0, 0.05) is 24.2 Å². The van der Waals surface area contributed by atoms with Crippen molar-refractivity contribution in [2.24, 2.45) is 0 Å². The first-order chi connectivity index (χ1) is 14.4. The molecule has 3 aromatic carbocycles. The molecule has 6 nitrogen and oxygen atoms in total. The van der Waals surface area contributed by atoms with E-state index in [4.69, 9.17) is 0 Å². The molecule has 0 amide bonds. The molecule has 0 bridgehead atoms. The maximum absolute atomic E-state index is 12.1. The first kappa shape index (κ1) is 19.1. The van der Waals surface area contributed by atoms with E-state index in [1.807, 2.05) is 28.8 Å². The first-order valence-electron chi connectivity index (χ1n) is 9.22. The third kappa shape index (κ3) is 3.58. The lowest BCUT2D eigenvalue weighted by Crippen LogP contribution is -2.10. The maximum Gasteiger partial charge on any atom is 0.336 e. The minimum Gasteiger partial charge on any atom is -0.478 e. The van der Waals surface area contributed by atoms with Crippen LogP contribution < -0.4 is 5.43 Å². The Bertz CT molecular complexity index is 1340. The highest BCUT2D eigenvalue weighted by molar-refractivity contribution is 5.96. The number of nitrogens with zero attached hydrogens (tertiary/aromatic N) is 1. The molecule has 1 aromatic heterocycles. The lowest BCUT2D eigenvalue weighted by molar-refractivity contribution is 0.0686. The predicted octanol–water partition coefficient (Wildman–Crippen LogP) is 4.11. The molecular formula is C24H17NO5. The molecule has 0 saturated heterocycles. The van der Waals surface area contributed by atoms with Gasteiger partial charge < -0.3 is 14.8 Å². The second-order valence-electron chi connectivity index (χ2n) is 6.89. The third-order valence-electron chi connectivity index (χ3n) is 5.00. The van der Waals surface area contributed by atoms with Gasteiger partial charge in [0.15, 0.2) is 5.43 Å². The summed E-state index contributed by atoms with van der Waals surface area (Å²) < 4.78 is 1.82. The number of benzene rings is 3. The van der Waals surface area contributed by atoms with E-state index in [0.29, 0.717) is 23.0 Å². The monoisotopic (exact) mass is 399 g/mol. The van der Waals surface area contributed by atoms with Gasteiger partial charge in [-0.25, -0.2) is 9.59 Å². The summed E-state index contributed by atoms with van der Waals surface area (Å²) in [7, 11) is 0. The number of rotatable bonds is 5. The van der Waals surface area contributed by atoms with Crippen LogP contribution in [-0.4, -0.2) is 26.7 Å². The summed E-state index contributed by atoms with van der Waals surface area (Å²) in [5, 5.41) is 19.1. The Hall–Kier alpha value is -4.19. The van der Waals surface area contributed by atoms with Crippen LogP contribution in [0.15, 0.2) is 83.8 Å². The largest absolute Gasteiger partial charge is 0.478 e. The fraction of sp³-hybridized carbons (Fsp3) is 0.0417. The zero-order chi connectivity index (χ0) is 21.3. The van der Waals surface area contributed by atoms with E-state index in [2.05, 4.69) is 0 Å². The number of hydrogen-bond acceptors (Lipinski definition) is 3. The number of carboxylic acid groups (broad SMARTS) is 2. The molecule has 0 radical (unpaired) electrons. The molecule has 0 spiro atoms. The molecule has 0 aliphatic rings. The summed E-state index contributed by atoms with van der Waals surface area (Å²) in [4.78, 5) is 34.9. The van der Waals surface area contributed by atoms with Crippen LogP contribution in [0.25, 0.3) is 22.0 Å². The molecule has 4 rings (SSSR count). The van der Waals surface area contributed by atoms with E-state index >= 15 is 0 Å². The van der Waals surface area contributed by atoms with Crippen LogP contribution >= 0.6 is 0 Å². The molecule has 0 aliphatic heterocycles. The van der Waals surface area contributed by atoms with Gasteiger partial charge in [-0.1, -0.05) is 42.5 Å². The van der Waals surface area contributed by atoms with E-state index in [9.17, 15) is 24.6 Å². The lowest BCUT2D eigenvalue weighted by atomic mass is 9.98. The number of aromatic carboxylic acids is 2. The molecule has 0 atom stereocenters. The molecule has 1 heterocycles. The standard InChI is InChI=1S/C24H17NO5/c26-22-11-12-25(21-13-17(23(27)28)9-10-20(21)22)14-15-5-7-16(8-6-15)18-3-1-2-4-19(18)24(29)30/h1-13H,14H2,(H,27,28)(H,29,30). The number of aromatic nitrogens is 1. The molecule has 6 heteroatoms. The lowest BCUT2D eigenvalue weighted by Gasteiger charge is -2.12. The highest BCUT2D eigenvalue weighted by atomic mass is 16.4. The second kappa shape index (κ2) is 7.67. The Kier molecular flexibility index (Phi) is 4.90. The van der Waals surface area contributed by atoms with E-state index < -0.39 is 11.9 Å². The normalized spacial score (nSPS) is 10.8. The van der Waals surface area contributed by atoms with Gasteiger partial charge in [-0.3, -0.25) is 4.79 Å². The summed E-state index contributed by atoms with van der Waals surface area (Å²) in [6, 6.07) is 20.2. The number of pyridine rings is 1. The van der Waals surface area contributed by atoms with Crippen LogP contribution in [0.2, 0.25) is 0 Å². The van der Waals surface area contributed by atoms with Crippen molar-refractivity contribution in [1.29, 1.82) is 0 Å². The molecule has 0 fully saturated rings. The Morgan fingerprint density at radius 3 is 2.27 bits per heavy atom.